The molecule has 0 aliphatic rings. The van der Waals surface area contributed by atoms with Gasteiger partial charge in [0.1, 0.15) is 0 Å². The first-order valence-electron chi connectivity index (χ1n) is 4.15. The first-order valence-corrected chi connectivity index (χ1v) is 4.15. The van der Waals surface area contributed by atoms with Crippen LogP contribution in [0.4, 0.5) is 8.78 Å². The van der Waals surface area contributed by atoms with E-state index in [-0.39, 0.29) is 0 Å². The van der Waals surface area contributed by atoms with Crippen LogP contribution in [0.15, 0.2) is 18.2 Å². The van der Waals surface area contributed by atoms with E-state index in [9.17, 15) is 13.9 Å². The van der Waals surface area contributed by atoms with Gasteiger partial charge in [-0.2, -0.15) is 0 Å². The van der Waals surface area contributed by atoms with Crippen LogP contribution >= 0.6 is 0 Å². The Labute approximate surface area is 76.0 Å². The van der Waals surface area contributed by atoms with Gasteiger partial charge in [-0.05, 0) is 31.0 Å². The first kappa shape index (κ1) is 10.1. The molecule has 0 spiro atoms. The average Bonchev–Trinajstić information content (AvgIpc) is 2.09. The molecule has 1 rings (SSSR count). The Morgan fingerprint density at radius 2 is 1.92 bits per heavy atom. The maximum Gasteiger partial charge on any atom is 0.159 e. The number of halogens is 2. The third kappa shape index (κ3) is 2.04. The van der Waals surface area contributed by atoms with E-state index in [1.807, 2.05) is 0 Å². The van der Waals surface area contributed by atoms with Crippen LogP contribution in [0.5, 0.6) is 0 Å². The minimum Gasteiger partial charge on any atom is -0.385 e. The van der Waals surface area contributed by atoms with Gasteiger partial charge < -0.3 is 5.11 Å². The molecule has 1 aromatic carbocycles. The van der Waals surface area contributed by atoms with Crippen LogP contribution in [0.2, 0.25) is 0 Å². The van der Waals surface area contributed by atoms with Crippen molar-refractivity contribution in [3.63, 3.8) is 0 Å². The summed E-state index contributed by atoms with van der Waals surface area (Å²) in [6, 6.07) is 3.44. The van der Waals surface area contributed by atoms with E-state index in [2.05, 4.69) is 0 Å². The van der Waals surface area contributed by atoms with Crippen LogP contribution in [0.25, 0.3) is 0 Å². The number of benzene rings is 1. The van der Waals surface area contributed by atoms with Crippen molar-refractivity contribution in [2.45, 2.75) is 25.9 Å². The lowest BCUT2D eigenvalue weighted by Gasteiger charge is -2.21. The van der Waals surface area contributed by atoms with Crippen LogP contribution < -0.4 is 0 Å². The van der Waals surface area contributed by atoms with E-state index in [0.717, 1.165) is 12.1 Å². The highest BCUT2D eigenvalue weighted by Gasteiger charge is 2.21. The predicted molar refractivity (Wildman–Crippen MR) is 46.2 cm³/mol. The molecule has 1 N–H and O–H groups in total. The molecule has 0 saturated heterocycles. The fraction of sp³-hybridized carbons (Fsp3) is 0.400. The average molecular weight is 186 g/mol. The van der Waals surface area contributed by atoms with Gasteiger partial charge in [-0.25, -0.2) is 8.78 Å². The van der Waals surface area contributed by atoms with Gasteiger partial charge in [-0.1, -0.05) is 13.0 Å². The zero-order chi connectivity index (χ0) is 10.1. The van der Waals surface area contributed by atoms with Gasteiger partial charge in [0.25, 0.3) is 0 Å². The molecular weight excluding hydrogens is 174 g/mol. The maximum atomic E-state index is 12.8. The summed E-state index contributed by atoms with van der Waals surface area (Å²) >= 11 is 0. The monoisotopic (exact) mass is 186 g/mol. The summed E-state index contributed by atoms with van der Waals surface area (Å²) in [5.74, 6) is -1.82. The van der Waals surface area contributed by atoms with Crippen molar-refractivity contribution in [3.8, 4) is 0 Å². The van der Waals surface area contributed by atoms with E-state index in [0.29, 0.717) is 12.0 Å². The molecule has 0 unspecified atom stereocenters. The molecule has 1 aromatic rings. The highest BCUT2D eigenvalue weighted by atomic mass is 19.2. The highest BCUT2D eigenvalue weighted by molar-refractivity contribution is 5.23. The Morgan fingerprint density at radius 1 is 1.31 bits per heavy atom. The summed E-state index contributed by atoms with van der Waals surface area (Å²) in [5, 5.41) is 9.72. The fourth-order valence-corrected chi connectivity index (χ4v) is 1.04. The molecule has 0 heterocycles. The molecule has 0 saturated carbocycles. The number of hydrogen-bond acceptors (Lipinski definition) is 1. The number of hydrogen-bond donors (Lipinski definition) is 1. The van der Waals surface area contributed by atoms with Crippen molar-refractivity contribution in [3.05, 3.63) is 35.4 Å². The molecule has 0 bridgehead atoms. The van der Waals surface area contributed by atoms with Crippen molar-refractivity contribution in [2.75, 3.05) is 0 Å². The smallest absolute Gasteiger partial charge is 0.159 e. The van der Waals surface area contributed by atoms with Crippen LogP contribution in [-0.4, -0.2) is 5.11 Å². The van der Waals surface area contributed by atoms with Gasteiger partial charge in [-0.15, -0.1) is 0 Å². The molecule has 13 heavy (non-hydrogen) atoms. The highest BCUT2D eigenvalue weighted by Crippen LogP contribution is 2.25. The molecule has 0 aliphatic carbocycles. The molecular formula is C10H12F2O. The second-order valence-corrected chi connectivity index (χ2v) is 3.26. The standard InChI is InChI=1S/C10H12F2O/c1-3-10(2,13)7-4-5-8(11)9(12)6-7/h4-6,13H,3H2,1-2H3/t10-/m1/s1. The maximum absolute atomic E-state index is 12.8. The van der Waals surface area contributed by atoms with Gasteiger partial charge >= 0.3 is 0 Å². The number of rotatable bonds is 2. The Hall–Kier alpha value is -0.960. The van der Waals surface area contributed by atoms with E-state index in [4.69, 9.17) is 0 Å². The van der Waals surface area contributed by atoms with Crippen LogP contribution in [-0.2, 0) is 5.60 Å². The van der Waals surface area contributed by atoms with Crippen molar-refractivity contribution < 1.29 is 13.9 Å². The van der Waals surface area contributed by atoms with Crippen LogP contribution in [0, 0.1) is 11.6 Å². The summed E-state index contributed by atoms with van der Waals surface area (Å²) in [7, 11) is 0. The number of aliphatic hydroxyl groups is 1. The van der Waals surface area contributed by atoms with E-state index in [1.54, 1.807) is 13.8 Å². The van der Waals surface area contributed by atoms with Gasteiger partial charge in [0.05, 0.1) is 5.60 Å². The van der Waals surface area contributed by atoms with E-state index >= 15 is 0 Å². The SMILES string of the molecule is CC[C@@](C)(O)c1ccc(F)c(F)c1. The third-order valence-corrected chi connectivity index (χ3v) is 2.23. The summed E-state index contributed by atoms with van der Waals surface area (Å²) < 4.78 is 25.3. The molecule has 0 fully saturated rings. The summed E-state index contributed by atoms with van der Waals surface area (Å²) in [5.41, 5.74) is -0.692. The second kappa shape index (κ2) is 3.42. The second-order valence-electron chi connectivity index (χ2n) is 3.26. The molecule has 1 nitrogen and oxygen atoms in total. The quantitative estimate of drug-likeness (QED) is 0.752. The Bertz CT molecular complexity index is 308. The van der Waals surface area contributed by atoms with Crippen LogP contribution in [0.3, 0.4) is 0 Å². The third-order valence-electron chi connectivity index (χ3n) is 2.23. The lowest BCUT2D eigenvalue weighted by atomic mass is 9.93. The molecule has 0 amide bonds. The zero-order valence-corrected chi connectivity index (χ0v) is 7.64. The van der Waals surface area contributed by atoms with Crippen molar-refractivity contribution in [2.24, 2.45) is 0 Å². The Balaban J connectivity index is 3.10. The largest absolute Gasteiger partial charge is 0.385 e. The van der Waals surface area contributed by atoms with Crippen molar-refractivity contribution >= 4 is 0 Å². The van der Waals surface area contributed by atoms with Crippen molar-refractivity contribution in [1.82, 2.24) is 0 Å². The predicted octanol–water partition coefficient (Wildman–Crippen LogP) is 2.58. The van der Waals surface area contributed by atoms with E-state index < -0.39 is 17.2 Å². The van der Waals surface area contributed by atoms with Gasteiger partial charge in [0, 0.05) is 0 Å². The molecule has 3 heteroatoms. The van der Waals surface area contributed by atoms with Gasteiger partial charge in [0.15, 0.2) is 11.6 Å². The fourth-order valence-electron chi connectivity index (χ4n) is 1.04. The lowest BCUT2D eigenvalue weighted by Crippen LogP contribution is -2.19. The summed E-state index contributed by atoms with van der Waals surface area (Å²) in [4.78, 5) is 0. The molecule has 1 atom stereocenters. The topological polar surface area (TPSA) is 20.2 Å². The zero-order valence-electron chi connectivity index (χ0n) is 7.64. The summed E-state index contributed by atoms with van der Waals surface area (Å²) in [6.07, 6.45) is 0.456. The van der Waals surface area contributed by atoms with Gasteiger partial charge in [-0.3, -0.25) is 0 Å². The Kier molecular flexibility index (Phi) is 2.66. The normalized spacial score (nSPS) is 15.5. The van der Waals surface area contributed by atoms with Crippen LogP contribution in [0.1, 0.15) is 25.8 Å². The van der Waals surface area contributed by atoms with Crippen molar-refractivity contribution in [1.29, 1.82) is 0 Å². The minimum absolute atomic E-state index is 0.397. The van der Waals surface area contributed by atoms with Gasteiger partial charge in [0.2, 0.25) is 0 Å². The molecule has 0 aliphatic heterocycles. The lowest BCUT2D eigenvalue weighted by molar-refractivity contribution is 0.0526. The molecule has 0 radical (unpaired) electrons. The Morgan fingerprint density at radius 3 is 2.38 bits per heavy atom. The summed E-state index contributed by atoms with van der Waals surface area (Å²) in [6.45, 7) is 3.35. The molecule has 0 aromatic heterocycles. The van der Waals surface area contributed by atoms with E-state index in [1.165, 1.54) is 6.07 Å². The first-order chi connectivity index (χ1) is 5.97. The molecule has 72 valence electrons. The minimum atomic E-state index is -1.09.